The number of ketones is 1. The molecule has 1 aliphatic heterocycles. The molecule has 0 spiro atoms. The Kier molecular flexibility index (Phi) is 4.40. The molecule has 2 aromatic heterocycles. The van der Waals surface area contributed by atoms with Gasteiger partial charge in [0.1, 0.15) is 0 Å². The van der Waals surface area contributed by atoms with Gasteiger partial charge in [0.05, 0.1) is 6.42 Å². The molecule has 1 saturated heterocycles. The van der Waals surface area contributed by atoms with Crippen LogP contribution in [0.2, 0.25) is 0 Å². The van der Waals surface area contributed by atoms with Crippen LogP contribution in [0.15, 0.2) is 48.0 Å². The third-order valence-electron chi connectivity index (χ3n) is 4.98. The zero-order chi connectivity index (χ0) is 17.2. The lowest BCUT2D eigenvalue weighted by molar-refractivity contribution is -0.131. The molecule has 0 saturated carbocycles. The predicted molar refractivity (Wildman–Crippen MR) is 100.0 cm³/mol. The molecule has 1 amide bonds. The van der Waals surface area contributed by atoms with Crippen LogP contribution >= 0.6 is 11.3 Å². The maximum absolute atomic E-state index is 12.9. The number of benzene rings is 1. The van der Waals surface area contributed by atoms with Crippen LogP contribution in [0.1, 0.15) is 28.1 Å². The summed E-state index contributed by atoms with van der Waals surface area (Å²) in [7, 11) is 0. The Morgan fingerprint density at radius 1 is 1.12 bits per heavy atom. The van der Waals surface area contributed by atoms with Gasteiger partial charge in [0.15, 0.2) is 5.78 Å². The molecule has 3 aromatic rings. The second-order valence-corrected chi connectivity index (χ2v) is 7.56. The van der Waals surface area contributed by atoms with E-state index in [0.29, 0.717) is 19.5 Å². The number of rotatable bonds is 4. The fourth-order valence-electron chi connectivity index (χ4n) is 3.56. The number of para-hydroxylation sites is 1. The molecule has 0 unspecified atom stereocenters. The van der Waals surface area contributed by atoms with Crippen molar-refractivity contribution in [3.8, 4) is 0 Å². The molecule has 0 atom stereocenters. The van der Waals surface area contributed by atoms with E-state index in [1.54, 1.807) is 11.3 Å². The molecule has 0 bridgehead atoms. The van der Waals surface area contributed by atoms with E-state index in [0.717, 1.165) is 34.2 Å². The summed E-state index contributed by atoms with van der Waals surface area (Å²) < 4.78 is 0. The number of carbonyl (C=O) groups excluding carboxylic acids is 2. The van der Waals surface area contributed by atoms with Gasteiger partial charge in [0.2, 0.25) is 5.91 Å². The molecule has 1 aliphatic rings. The topological polar surface area (TPSA) is 53.2 Å². The molecular formula is C20H20N2O2S. The maximum atomic E-state index is 12.9. The van der Waals surface area contributed by atoms with Gasteiger partial charge in [0, 0.05) is 46.5 Å². The van der Waals surface area contributed by atoms with Crippen LogP contribution in [0.4, 0.5) is 0 Å². The van der Waals surface area contributed by atoms with Crippen LogP contribution < -0.4 is 0 Å². The van der Waals surface area contributed by atoms with Gasteiger partial charge < -0.3 is 9.88 Å². The van der Waals surface area contributed by atoms with E-state index >= 15 is 0 Å². The Bertz CT molecular complexity index is 889. The molecule has 4 nitrogen and oxygen atoms in total. The average molecular weight is 352 g/mol. The van der Waals surface area contributed by atoms with Crippen molar-refractivity contribution >= 4 is 33.9 Å². The Morgan fingerprint density at radius 3 is 2.68 bits per heavy atom. The molecule has 25 heavy (non-hydrogen) atoms. The van der Waals surface area contributed by atoms with Crippen molar-refractivity contribution in [2.75, 3.05) is 13.1 Å². The standard InChI is InChI=1S/C20H20N2O2S/c23-19(12-15-4-3-11-25-15)22-9-7-14(8-10-22)20(24)17-13-21-18-6-2-1-5-16(17)18/h1-6,11,13-14,21H,7-10,12H2. The molecule has 5 heteroatoms. The summed E-state index contributed by atoms with van der Waals surface area (Å²) >= 11 is 1.61. The largest absolute Gasteiger partial charge is 0.360 e. The fraction of sp³-hybridized carbons (Fsp3) is 0.300. The molecule has 0 radical (unpaired) electrons. The van der Waals surface area contributed by atoms with E-state index in [1.807, 2.05) is 52.9 Å². The van der Waals surface area contributed by atoms with Crippen LogP contribution in [-0.2, 0) is 11.2 Å². The first-order chi connectivity index (χ1) is 12.2. The van der Waals surface area contributed by atoms with E-state index < -0.39 is 0 Å². The quantitative estimate of drug-likeness (QED) is 0.724. The lowest BCUT2D eigenvalue weighted by Crippen LogP contribution is -2.40. The van der Waals surface area contributed by atoms with Gasteiger partial charge in [-0.05, 0) is 30.4 Å². The van der Waals surface area contributed by atoms with E-state index in [9.17, 15) is 9.59 Å². The summed E-state index contributed by atoms with van der Waals surface area (Å²) in [5, 5.41) is 2.98. The Labute approximate surface area is 150 Å². The van der Waals surface area contributed by atoms with Crippen LogP contribution in [0.3, 0.4) is 0 Å². The highest BCUT2D eigenvalue weighted by molar-refractivity contribution is 7.10. The number of H-pyrrole nitrogens is 1. The second-order valence-electron chi connectivity index (χ2n) is 6.52. The number of carbonyl (C=O) groups is 2. The number of nitrogens with zero attached hydrogens (tertiary/aromatic N) is 1. The summed E-state index contributed by atoms with van der Waals surface area (Å²) in [5.74, 6) is 0.369. The van der Waals surface area contributed by atoms with E-state index in [2.05, 4.69) is 4.98 Å². The number of Topliss-reactive ketones (excluding diaryl/α,β-unsaturated/α-hetero) is 1. The number of aromatic amines is 1. The normalized spacial score (nSPS) is 15.6. The van der Waals surface area contributed by atoms with E-state index in [4.69, 9.17) is 0 Å². The van der Waals surface area contributed by atoms with Gasteiger partial charge in [-0.15, -0.1) is 11.3 Å². The highest BCUT2D eigenvalue weighted by Crippen LogP contribution is 2.26. The summed E-state index contributed by atoms with van der Waals surface area (Å²) in [5.41, 5.74) is 1.77. The molecule has 128 valence electrons. The number of nitrogens with one attached hydrogen (secondary N) is 1. The minimum absolute atomic E-state index is 0.00462. The monoisotopic (exact) mass is 352 g/mol. The van der Waals surface area contributed by atoms with Crippen molar-refractivity contribution in [2.24, 2.45) is 5.92 Å². The number of hydrogen-bond acceptors (Lipinski definition) is 3. The van der Waals surface area contributed by atoms with E-state index in [-0.39, 0.29) is 17.6 Å². The fourth-order valence-corrected chi connectivity index (χ4v) is 4.26. The molecule has 3 heterocycles. The van der Waals surface area contributed by atoms with Crippen LogP contribution in [0.5, 0.6) is 0 Å². The van der Waals surface area contributed by atoms with Crippen molar-refractivity contribution < 1.29 is 9.59 Å². The SMILES string of the molecule is O=C(c1c[nH]c2ccccc12)C1CCN(C(=O)Cc2cccs2)CC1. The number of aromatic nitrogens is 1. The molecule has 1 aromatic carbocycles. The number of hydrogen-bond donors (Lipinski definition) is 1. The van der Waals surface area contributed by atoms with Gasteiger partial charge in [-0.1, -0.05) is 24.3 Å². The smallest absolute Gasteiger partial charge is 0.227 e. The summed E-state index contributed by atoms with van der Waals surface area (Å²) in [6.07, 6.45) is 3.78. The Morgan fingerprint density at radius 2 is 1.92 bits per heavy atom. The lowest BCUT2D eigenvalue weighted by Gasteiger charge is -2.31. The van der Waals surface area contributed by atoms with E-state index in [1.165, 1.54) is 0 Å². The van der Waals surface area contributed by atoms with Crippen LogP contribution in [-0.4, -0.2) is 34.7 Å². The lowest BCUT2D eigenvalue weighted by atomic mass is 9.88. The van der Waals surface area contributed by atoms with Crippen molar-refractivity contribution in [3.63, 3.8) is 0 Å². The van der Waals surface area contributed by atoms with Crippen LogP contribution in [0.25, 0.3) is 10.9 Å². The zero-order valence-corrected chi connectivity index (χ0v) is 14.7. The average Bonchev–Trinajstić information content (AvgIpc) is 3.31. The molecular weight excluding hydrogens is 332 g/mol. The predicted octanol–water partition coefficient (Wildman–Crippen LogP) is 3.89. The summed E-state index contributed by atoms with van der Waals surface area (Å²) in [4.78, 5) is 31.5. The first-order valence-electron chi connectivity index (χ1n) is 8.63. The van der Waals surface area contributed by atoms with Crippen molar-refractivity contribution in [3.05, 3.63) is 58.4 Å². The van der Waals surface area contributed by atoms with Crippen LogP contribution in [0, 0.1) is 5.92 Å². The minimum Gasteiger partial charge on any atom is -0.360 e. The number of thiophene rings is 1. The highest BCUT2D eigenvalue weighted by Gasteiger charge is 2.29. The Balaban J connectivity index is 1.40. The molecule has 4 rings (SSSR count). The first kappa shape index (κ1) is 16.1. The minimum atomic E-state index is 0.00462. The number of amides is 1. The number of piperidine rings is 1. The van der Waals surface area contributed by atoms with Gasteiger partial charge in [-0.3, -0.25) is 9.59 Å². The number of likely N-dealkylation sites (tertiary alicyclic amines) is 1. The second kappa shape index (κ2) is 6.84. The van der Waals surface area contributed by atoms with Crippen molar-refractivity contribution in [2.45, 2.75) is 19.3 Å². The number of fused-ring (bicyclic) bond motifs is 1. The highest BCUT2D eigenvalue weighted by atomic mass is 32.1. The maximum Gasteiger partial charge on any atom is 0.227 e. The van der Waals surface area contributed by atoms with Gasteiger partial charge in [-0.2, -0.15) is 0 Å². The molecule has 1 fully saturated rings. The Hall–Kier alpha value is -2.40. The van der Waals surface area contributed by atoms with Gasteiger partial charge in [-0.25, -0.2) is 0 Å². The molecule has 0 aliphatic carbocycles. The van der Waals surface area contributed by atoms with Gasteiger partial charge >= 0.3 is 0 Å². The first-order valence-corrected chi connectivity index (χ1v) is 9.51. The summed E-state index contributed by atoms with van der Waals surface area (Å²) in [6.45, 7) is 1.34. The van der Waals surface area contributed by atoms with Gasteiger partial charge in [0.25, 0.3) is 0 Å². The third kappa shape index (κ3) is 3.24. The third-order valence-corrected chi connectivity index (χ3v) is 5.86. The van der Waals surface area contributed by atoms with Crippen molar-refractivity contribution in [1.82, 2.24) is 9.88 Å². The molecule has 1 N–H and O–H groups in total. The summed E-state index contributed by atoms with van der Waals surface area (Å²) in [6, 6.07) is 11.9. The van der Waals surface area contributed by atoms with Crippen molar-refractivity contribution in [1.29, 1.82) is 0 Å². The zero-order valence-electron chi connectivity index (χ0n) is 13.9.